The number of rotatable bonds is 21. The Morgan fingerprint density at radius 1 is 1.04 bits per heavy atom. The number of carbonyl (C=O) groups is 3. The van der Waals surface area contributed by atoms with Crippen molar-refractivity contribution < 1.29 is 19.5 Å². The monoisotopic (exact) mass is 689 g/mol. The van der Waals surface area contributed by atoms with E-state index in [1.807, 2.05) is 33.9 Å². The number of aromatic nitrogens is 2. The predicted octanol–water partition coefficient (Wildman–Crippen LogP) is 6.63. The standard InChI is InChI=1S/C39H55N5O4S/c1-7-30(5)36(42-37(45)22-33-23-40-27-44(33)20-18-29(4)13-10-12-28(2)3)25-43(26-38(46)41-35(39(47)48)19-21-49-6)24-32-16-11-15-31-14-8-9-17-34(31)32/h8-9,11-12,14-18,23,27,30,35-36H,7,10,13,19-22,24-26H2,1-6H3,(H,41,46)(H,42,45)(H,47,48)/t30-,35-,36+/m0/s1. The van der Waals surface area contributed by atoms with Crippen LogP contribution in [-0.4, -0.2) is 74.5 Å². The summed E-state index contributed by atoms with van der Waals surface area (Å²) in [4.78, 5) is 45.1. The molecule has 3 N–H and O–H groups in total. The number of allylic oxidation sites excluding steroid dienone is 4. The molecule has 1 aromatic heterocycles. The SMILES string of the molecule is CC[C@H](C)[C@@H](CN(CC(=O)N[C@@H](CCSC)C(=O)O)Cc1cccc2ccccc12)NC(=O)Cc1cncn1CC=C(C)CCC=C(C)C. The lowest BCUT2D eigenvalue weighted by Gasteiger charge is -2.31. The molecule has 1 heterocycles. The molecule has 0 saturated carbocycles. The smallest absolute Gasteiger partial charge is 0.326 e. The average Bonchev–Trinajstić information content (AvgIpc) is 3.51. The van der Waals surface area contributed by atoms with Gasteiger partial charge in [-0.25, -0.2) is 9.78 Å². The second kappa shape index (κ2) is 20.6. The first-order valence-electron chi connectivity index (χ1n) is 17.3. The van der Waals surface area contributed by atoms with Crippen LogP contribution in [0.3, 0.4) is 0 Å². The molecule has 0 aliphatic carbocycles. The first-order valence-corrected chi connectivity index (χ1v) is 18.7. The summed E-state index contributed by atoms with van der Waals surface area (Å²) in [7, 11) is 0. The molecular formula is C39H55N5O4S. The molecule has 0 unspecified atom stereocenters. The van der Waals surface area contributed by atoms with Crippen LogP contribution < -0.4 is 10.6 Å². The lowest BCUT2D eigenvalue weighted by Crippen LogP contribution is -2.51. The Balaban J connectivity index is 1.78. The summed E-state index contributed by atoms with van der Waals surface area (Å²) in [6, 6.07) is 13.1. The van der Waals surface area contributed by atoms with Crippen LogP contribution in [-0.2, 0) is 33.9 Å². The summed E-state index contributed by atoms with van der Waals surface area (Å²) >= 11 is 1.54. The Hall–Kier alpha value is -3.89. The van der Waals surface area contributed by atoms with Crippen molar-refractivity contribution in [1.82, 2.24) is 25.1 Å². The van der Waals surface area contributed by atoms with Crippen LogP contribution in [0, 0.1) is 5.92 Å². The Labute approximate surface area is 296 Å². The van der Waals surface area contributed by atoms with Gasteiger partial charge in [-0.15, -0.1) is 0 Å². The fraction of sp³-hybridized carbons (Fsp3) is 0.487. The fourth-order valence-corrected chi connectivity index (χ4v) is 6.22. The first kappa shape index (κ1) is 39.5. The molecule has 0 aliphatic rings. The number of nitrogens with zero attached hydrogens (tertiary/aromatic N) is 3. The lowest BCUT2D eigenvalue weighted by atomic mass is 9.97. The van der Waals surface area contributed by atoms with E-state index in [0.29, 0.717) is 31.8 Å². The maximum atomic E-state index is 13.6. The zero-order chi connectivity index (χ0) is 35.8. The van der Waals surface area contributed by atoms with Crippen molar-refractivity contribution in [2.24, 2.45) is 5.92 Å². The lowest BCUT2D eigenvalue weighted by molar-refractivity contribution is -0.142. The third-order valence-electron chi connectivity index (χ3n) is 8.89. The van der Waals surface area contributed by atoms with Crippen LogP contribution in [0.1, 0.15) is 71.6 Å². The van der Waals surface area contributed by atoms with E-state index in [9.17, 15) is 19.5 Å². The van der Waals surface area contributed by atoms with Gasteiger partial charge in [0.25, 0.3) is 0 Å². The van der Waals surface area contributed by atoms with Gasteiger partial charge in [0.15, 0.2) is 0 Å². The Kier molecular flexibility index (Phi) is 16.6. The molecule has 2 amide bonds. The Bertz CT molecular complexity index is 1570. The molecule has 3 rings (SSSR count). The molecule has 0 radical (unpaired) electrons. The second-order valence-electron chi connectivity index (χ2n) is 13.2. The van der Waals surface area contributed by atoms with Gasteiger partial charge < -0.3 is 20.3 Å². The van der Waals surface area contributed by atoms with Crippen molar-refractivity contribution in [3.8, 4) is 0 Å². The average molecular weight is 690 g/mol. The van der Waals surface area contributed by atoms with Crippen LogP contribution in [0.25, 0.3) is 10.8 Å². The third-order valence-corrected chi connectivity index (χ3v) is 9.53. The van der Waals surface area contributed by atoms with Gasteiger partial charge in [-0.05, 0) is 74.3 Å². The number of imidazole rings is 1. The van der Waals surface area contributed by atoms with E-state index < -0.39 is 12.0 Å². The molecule has 0 spiro atoms. The number of hydrogen-bond acceptors (Lipinski definition) is 6. The fourth-order valence-electron chi connectivity index (χ4n) is 5.75. The van der Waals surface area contributed by atoms with Gasteiger partial charge in [0.05, 0.1) is 19.3 Å². The van der Waals surface area contributed by atoms with Crippen LogP contribution >= 0.6 is 11.8 Å². The molecule has 0 saturated heterocycles. The molecule has 3 aromatic rings. The van der Waals surface area contributed by atoms with Gasteiger partial charge in [-0.3, -0.25) is 14.5 Å². The molecule has 0 aliphatic heterocycles. The van der Waals surface area contributed by atoms with E-state index in [4.69, 9.17) is 0 Å². The zero-order valence-corrected chi connectivity index (χ0v) is 30.9. The topological polar surface area (TPSA) is 117 Å². The van der Waals surface area contributed by atoms with Crippen molar-refractivity contribution in [3.05, 3.63) is 89.5 Å². The summed E-state index contributed by atoms with van der Waals surface area (Å²) in [5, 5.41) is 17.9. The number of amides is 2. The molecule has 3 atom stereocenters. The largest absolute Gasteiger partial charge is 0.480 e. The van der Waals surface area contributed by atoms with Crippen molar-refractivity contribution >= 4 is 40.3 Å². The predicted molar refractivity (Wildman–Crippen MR) is 202 cm³/mol. The zero-order valence-electron chi connectivity index (χ0n) is 30.1. The van der Waals surface area contributed by atoms with Gasteiger partial charge in [-0.2, -0.15) is 11.8 Å². The molecule has 0 fully saturated rings. The summed E-state index contributed by atoms with van der Waals surface area (Å²) in [5.74, 6) is -0.734. The van der Waals surface area contributed by atoms with E-state index in [0.717, 1.165) is 41.3 Å². The number of hydrogen-bond donors (Lipinski definition) is 3. The number of aliphatic carboxylic acids is 1. The number of carbonyl (C=O) groups excluding carboxylic acids is 2. The molecule has 10 heteroatoms. The Morgan fingerprint density at radius 2 is 1.80 bits per heavy atom. The van der Waals surface area contributed by atoms with Crippen molar-refractivity contribution in [3.63, 3.8) is 0 Å². The van der Waals surface area contributed by atoms with Crippen molar-refractivity contribution in [2.75, 3.05) is 25.1 Å². The van der Waals surface area contributed by atoms with Gasteiger partial charge in [-0.1, -0.05) is 86.0 Å². The summed E-state index contributed by atoms with van der Waals surface area (Å²) in [5.41, 5.74) is 4.52. The van der Waals surface area contributed by atoms with E-state index in [-0.39, 0.29) is 36.7 Å². The second-order valence-corrected chi connectivity index (χ2v) is 14.2. The van der Waals surface area contributed by atoms with Gasteiger partial charge in [0.2, 0.25) is 11.8 Å². The number of carboxylic acids is 1. The number of carboxylic acid groups (broad SMARTS) is 1. The molecule has 2 aromatic carbocycles. The highest BCUT2D eigenvalue weighted by Crippen LogP contribution is 2.21. The van der Waals surface area contributed by atoms with Crippen LogP contribution in [0.15, 0.2) is 78.3 Å². The minimum atomic E-state index is -1.04. The third kappa shape index (κ3) is 13.5. The van der Waals surface area contributed by atoms with E-state index in [1.54, 1.807) is 24.3 Å². The highest BCUT2D eigenvalue weighted by atomic mass is 32.2. The highest BCUT2D eigenvalue weighted by Gasteiger charge is 2.26. The van der Waals surface area contributed by atoms with Crippen LogP contribution in [0.5, 0.6) is 0 Å². The van der Waals surface area contributed by atoms with Gasteiger partial charge in [0.1, 0.15) is 6.04 Å². The minimum Gasteiger partial charge on any atom is -0.480 e. The molecule has 266 valence electrons. The van der Waals surface area contributed by atoms with E-state index in [1.165, 1.54) is 11.1 Å². The van der Waals surface area contributed by atoms with Crippen molar-refractivity contribution in [1.29, 1.82) is 0 Å². The van der Waals surface area contributed by atoms with Crippen molar-refractivity contribution in [2.45, 2.75) is 91.9 Å². The van der Waals surface area contributed by atoms with Gasteiger partial charge >= 0.3 is 5.97 Å². The summed E-state index contributed by atoms with van der Waals surface area (Å²) < 4.78 is 2.01. The maximum absolute atomic E-state index is 13.6. The Morgan fingerprint density at radius 3 is 2.51 bits per heavy atom. The number of benzene rings is 2. The number of thioether (sulfide) groups is 1. The molecule has 9 nitrogen and oxygen atoms in total. The first-order chi connectivity index (χ1) is 23.5. The summed E-state index contributed by atoms with van der Waals surface area (Å²) in [6.45, 7) is 12.1. The minimum absolute atomic E-state index is 0.00114. The molecule has 49 heavy (non-hydrogen) atoms. The normalized spacial score (nSPS) is 13.6. The molecule has 0 bridgehead atoms. The quantitative estimate of drug-likeness (QED) is 0.108. The molecular weight excluding hydrogens is 635 g/mol. The number of nitrogens with one attached hydrogen (secondary N) is 2. The van der Waals surface area contributed by atoms with Gasteiger partial charge in [0, 0.05) is 37.6 Å². The highest BCUT2D eigenvalue weighted by molar-refractivity contribution is 7.98. The summed E-state index contributed by atoms with van der Waals surface area (Å²) in [6.07, 6.45) is 13.2. The van der Waals surface area contributed by atoms with E-state index in [2.05, 4.69) is 86.7 Å². The van der Waals surface area contributed by atoms with E-state index >= 15 is 0 Å². The van der Waals surface area contributed by atoms with Crippen LogP contribution in [0.4, 0.5) is 0 Å². The van der Waals surface area contributed by atoms with Crippen LogP contribution in [0.2, 0.25) is 0 Å². The number of fused-ring (bicyclic) bond motifs is 1. The maximum Gasteiger partial charge on any atom is 0.326 e.